The second kappa shape index (κ2) is 9.06. The summed E-state index contributed by atoms with van der Waals surface area (Å²) in [4.78, 5) is 28.9. The molecule has 1 aromatic rings. The highest BCUT2D eigenvalue weighted by atomic mass is 16.3. The van der Waals surface area contributed by atoms with Crippen molar-refractivity contribution < 1.29 is 14.7 Å². The first-order valence-electron chi connectivity index (χ1n) is 9.98. The third kappa shape index (κ3) is 4.99. The number of benzene rings is 1. The van der Waals surface area contributed by atoms with Crippen molar-refractivity contribution in [3.63, 3.8) is 0 Å². The van der Waals surface area contributed by atoms with Crippen molar-refractivity contribution in [1.29, 1.82) is 0 Å². The van der Waals surface area contributed by atoms with Crippen LogP contribution in [0.25, 0.3) is 0 Å². The molecule has 26 heavy (non-hydrogen) atoms. The van der Waals surface area contributed by atoms with Crippen molar-refractivity contribution in [2.24, 2.45) is 0 Å². The number of carbonyl (C=O) groups is 2. The van der Waals surface area contributed by atoms with Gasteiger partial charge in [0.05, 0.1) is 6.54 Å². The standard InChI is InChI=1S/C21H30N2O3/c24-19-12-9-17(10-13-19)8-11-18-6-3-5-15-23(18)21(26)16-22-14-4-1-2-7-20(22)25/h9-10,12-13,18,24H,1-8,11,14-16H2. The number of likely N-dealkylation sites (tertiary alicyclic amines) is 2. The molecule has 1 aromatic carbocycles. The number of phenolic OH excluding ortho intramolecular Hbond substituents is 1. The fourth-order valence-corrected chi connectivity index (χ4v) is 4.08. The number of phenols is 1. The lowest BCUT2D eigenvalue weighted by atomic mass is 9.95. The summed E-state index contributed by atoms with van der Waals surface area (Å²) in [5.41, 5.74) is 1.18. The SMILES string of the molecule is O=C1CCCCCN1CC(=O)N1CCCCC1CCc1ccc(O)cc1. The number of aryl methyl sites for hydroxylation is 1. The van der Waals surface area contributed by atoms with Crippen LogP contribution in [0.3, 0.4) is 0 Å². The summed E-state index contributed by atoms with van der Waals surface area (Å²) in [7, 11) is 0. The van der Waals surface area contributed by atoms with Crippen molar-refractivity contribution >= 4 is 11.8 Å². The van der Waals surface area contributed by atoms with Gasteiger partial charge in [0.1, 0.15) is 5.75 Å². The second-order valence-electron chi connectivity index (χ2n) is 7.57. The van der Waals surface area contributed by atoms with E-state index in [4.69, 9.17) is 0 Å². The Labute approximate surface area is 156 Å². The largest absolute Gasteiger partial charge is 0.508 e. The lowest BCUT2D eigenvalue weighted by Crippen LogP contribution is -2.49. The first-order chi connectivity index (χ1) is 12.6. The monoisotopic (exact) mass is 358 g/mol. The number of hydrogen-bond acceptors (Lipinski definition) is 3. The molecule has 1 atom stereocenters. The summed E-state index contributed by atoms with van der Waals surface area (Å²) in [6.45, 7) is 1.77. The molecule has 5 nitrogen and oxygen atoms in total. The van der Waals surface area contributed by atoms with Crippen molar-refractivity contribution in [1.82, 2.24) is 9.80 Å². The molecule has 0 spiro atoms. The summed E-state index contributed by atoms with van der Waals surface area (Å²) in [6, 6.07) is 7.57. The summed E-state index contributed by atoms with van der Waals surface area (Å²) >= 11 is 0. The Bertz CT molecular complexity index is 614. The van der Waals surface area contributed by atoms with Crippen LogP contribution in [0.2, 0.25) is 0 Å². The molecule has 2 fully saturated rings. The van der Waals surface area contributed by atoms with E-state index >= 15 is 0 Å². The van der Waals surface area contributed by atoms with Gasteiger partial charge >= 0.3 is 0 Å². The number of nitrogens with zero attached hydrogens (tertiary/aromatic N) is 2. The van der Waals surface area contributed by atoms with Crippen LogP contribution in [0, 0.1) is 0 Å². The van der Waals surface area contributed by atoms with Gasteiger partial charge in [-0.2, -0.15) is 0 Å². The molecule has 1 N–H and O–H groups in total. The quantitative estimate of drug-likeness (QED) is 0.880. The van der Waals surface area contributed by atoms with Crippen LogP contribution in [0.5, 0.6) is 5.75 Å². The zero-order valence-corrected chi connectivity index (χ0v) is 15.5. The first kappa shape index (κ1) is 18.7. The van der Waals surface area contributed by atoms with Crippen molar-refractivity contribution in [2.45, 2.75) is 63.8 Å². The Balaban J connectivity index is 1.57. The predicted octanol–water partition coefficient (Wildman–Crippen LogP) is 3.11. The fraction of sp³-hybridized carbons (Fsp3) is 0.619. The van der Waals surface area contributed by atoms with E-state index in [0.717, 1.165) is 64.5 Å². The summed E-state index contributed by atoms with van der Waals surface area (Å²) in [5.74, 6) is 0.523. The highest BCUT2D eigenvalue weighted by molar-refractivity contribution is 5.85. The van der Waals surface area contributed by atoms with Gasteiger partial charge in [0, 0.05) is 25.6 Å². The molecule has 1 unspecified atom stereocenters. The van der Waals surface area contributed by atoms with Crippen LogP contribution in [0.1, 0.15) is 56.9 Å². The van der Waals surface area contributed by atoms with E-state index in [2.05, 4.69) is 0 Å². The van der Waals surface area contributed by atoms with E-state index in [0.29, 0.717) is 6.42 Å². The van der Waals surface area contributed by atoms with Crippen LogP contribution >= 0.6 is 0 Å². The Morgan fingerprint density at radius 2 is 1.81 bits per heavy atom. The maximum Gasteiger partial charge on any atom is 0.242 e. The van der Waals surface area contributed by atoms with Gasteiger partial charge < -0.3 is 14.9 Å². The molecule has 0 aliphatic carbocycles. The van der Waals surface area contributed by atoms with Crippen molar-refractivity contribution in [2.75, 3.05) is 19.6 Å². The van der Waals surface area contributed by atoms with Gasteiger partial charge in [-0.25, -0.2) is 0 Å². The molecular weight excluding hydrogens is 328 g/mol. The molecule has 0 radical (unpaired) electrons. The molecule has 2 heterocycles. The lowest BCUT2D eigenvalue weighted by Gasteiger charge is -2.37. The van der Waals surface area contributed by atoms with E-state index in [-0.39, 0.29) is 30.2 Å². The average molecular weight is 358 g/mol. The number of aromatic hydroxyl groups is 1. The van der Waals surface area contributed by atoms with E-state index < -0.39 is 0 Å². The maximum absolute atomic E-state index is 12.9. The molecular formula is C21H30N2O3. The van der Waals surface area contributed by atoms with Gasteiger partial charge in [-0.05, 0) is 62.6 Å². The number of amides is 2. The van der Waals surface area contributed by atoms with Crippen molar-refractivity contribution in [3.8, 4) is 5.75 Å². The fourth-order valence-electron chi connectivity index (χ4n) is 4.08. The molecule has 2 amide bonds. The van der Waals surface area contributed by atoms with E-state index in [9.17, 15) is 14.7 Å². The second-order valence-corrected chi connectivity index (χ2v) is 7.57. The Hall–Kier alpha value is -2.04. The molecule has 3 rings (SSSR count). The molecule has 2 aliphatic heterocycles. The van der Waals surface area contributed by atoms with E-state index in [1.165, 1.54) is 5.56 Å². The van der Waals surface area contributed by atoms with E-state index in [1.54, 1.807) is 17.0 Å². The summed E-state index contributed by atoms with van der Waals surface area (Å²) in [5, 5.41) is 9.40. The predicted molar refractivity (Wildman–Crippen MR) is 101 cm³/mol. The van der Waals surface area contributed by atoms with Crippen LogP contribution in [-0.2, 0) is 16.0 Å². The van der Waals surface area contributed by atoms with Crippen molar-refractivity contribution in [3.05, 3.63) is 29.8 Å². The minimum absolute atomic E-state index is 0.107. The zero-order chi connectivity index (χ0) is 18.4. The van der Waals surface area contributed by atoms with Gasteiger partial charge in [0.15, 0.2) is 0 Å². The van der Waals surface area contributed by atoms with Gasteiger partial charge in [-0.3, -0.25) is 9.59 Å². The Morgan fingerprint density at radius 3 is 2.62 bits per heavy atom. The smallest absolute Gasteiger partial charge is 0.242 e. The lowest BCUT2D eigenvalue weighted by molar-refractivity contribution is -0.142. The highest BCUT2D eigenvalue weighted by Gasteiger charge is 2.29. The molecule has 2 saturated heterocycles. The zero-order valence-electron chi connectivity index (χ0n) is 15.5. The third-order valence-electron chi connectivity index (χ3n) is 5.65. The highest BCUT2D eigenvalue weighted by Crippen LogP contribution is 2.23. The summed E-state index contributed by atoms with van der Waals surface area (Å²) < 4.78 is 0. The number of piperidine rings is 1. The minimum Gasteiger partial charge on any atom is -0.508 e. The Kier molecular flexibility index (Phi) is 6.53. The number of hydrogen-bond donors (Lipinski definition) is 1. The van der Waals surface area contributed by atoms with Crippen LogP contribution in [0.4, 0.5) is 0 Å². The number of rotatable bonds is 5. The first-order valence-corrected chi connectivity index (χ1v) is 9.98. The molecule has 0 bridgehead atoms. The van der Waals surface area contributed by atoms with Crippen LogP contribution < -0.4 is 0 Å². The molecule has 0 aromatic heterocycles. The van der Waals surface area contributed by atoms with Gasteiger partial charge in [-0.1, -0.05) is 18.6 Å². The van der Waals surface area contributed by atoms with E-state index in [1.807, 2.05) is 17.0 Å². The molecule has 142 valence electrons. The van der Waals surface area contributed by atoms with Gasteiger partial charge in [0.2, 0.25) is 11.8 Å². The molecule has 0 saturated carbocycles. The normalized spacial score (nSPS) is 21.5. The Morgan fingerprint density at radius 1 is 1.04 bits per heavy atom. The van der Waals surface area contributed by atoms with Crippen LogP contribution in [0.15, 0.2) is 24.3 Å². The third-order valence-corrected chi connectivity index (χ3v) is 5.65. The topological polar surface area (TPSA) is 60.9 Å². The average Bonchev–Trinajstić information content (AvgIpc) is 2.86. The number of carbonyl (C=O) groups excluding carboxylic acids is 2. The minimum atomic E-state index is 0.107. The maximum atomic E-state index is 12.9. The van der Waals surface area contributed by atoms with Gasteiger partial charge in [0.25, 0.3) is 0 Å². The van der Waals surface area contributed by atoms with Crippen LogP contribution in [-0.4, -0.2) is 52.4 Å². The van der Waals surface area contributed by atoms with Gasteiger partial charge in [-0.15, -0.1) is 0 Å². The molecule has 2 aliphatic rings. The molecule has 5 heteroatoms. The summed E-state index contributed by atoms with van der Waals surface area (Å²) in [6.07, 6.45) is 8.69.